The van der Waals surface area contributed by atoms with Crippen LogP contribution < -0.4 is 5.32 Å². The standard InChI is InChI=1S/C15H15N5O2S/c1-19(2)14(22)11-4-3-5-12(17-11)18-13(21)8-10-9-20-6-7-23-15(20)16-10/h3-7,9H,8H2,1-2H3,(H,17,18,21). The van der Waals surface area contributed by atoms with Gasteiger partial charge in [-0.25, -0.2) is 9.97 Å². The molecule has 0 saturated heterocycles. The van der Waals surface area contributed by atoms with Crippen molar-refractivity contribution in [2.24, 2.45) is 0 Å². The number of pyridine rings is 1. The highest BCUT2D eigenvalue weighted by Crippen LogP contribution is 2.12. The highest BCUT2D eigenvalue weighted by Gasteiger charge is 2.12. The first kappa shape index (κ1) is 15.2. The zero-order chi connectivity index (χ0) is 16.4. The number of fused-ring (bicyclic) bond motifs is 1. The molecule has 0 unspecified atom stereocenters. The monoisotopic (exact) mass is 329 g/mol. The molecule has 23 heavy (non-hydrogen) atoms. The minimum absolute atomic E-state index is 0.155. The van der Waals surface area contributed by atoms with Crippen LogP contribution in [0.25, 0.3) is 4.96 Å². The molecule has 0 saturated carbocycles. The summed E-state index contributed by atoms with van der Waals surface area (Å²) in [6.45, 7) is 0. The Bertz CT molecular complexity index is 839. The molecule has 8 heteroatoms. The summed E-state index contributed by atoms with van der Waals surface area (Å²) in [5.41, 5.74) is 0.977. The summed E-state index contributed by atoms with van der Waals surface area (Å²) in [6.07, 6.45) is 3.87. The van der Waals surface area contributed by atoms with E-state index in [9.17, 15) is 9.59 Å². The van der Waals surface area contributed by atoms with Crippen molar-refractivity contribution in [3.05, 3.63) is 47.4 Å². The van der Waals surface area contributed by atoms with Crippen LogP contribution in [-0.4, -0.2) is 45.2 Å². The SMILES string of the molecule is CN(C)C(=O)c1cccc(NC(=O)Cc2cn3ccsc3n2)n1. The molecular weight excluding hydrogens is 314 g/mol. The number of rotatable bonds is 4. The minimum Gasteiger partial charge on any atom is -0.343 e. The van der Waals surface area contributed by atoms with Gasteiger partial charge >= 0.3 is 0 Å². The molecule has 0 aliphatic rings. The Balaban J connectivity index is 1.69. The van der Waals surface area contributed by atoms with E-state index in [0.29, 0.717) is 11.5 Å². The molecular formula is C15H15N5O2S. The first-order valence-electron chi connectivity index (χ1n) is 6.92. The molecule has 0 bridgehead atoms. The van der Waals surface area contributed by atoms with Gasteiger partial charge in [-0.05, 0) is 12.1 Å². The fourth-order valence-corrected chi connectivity index (χ4v) is 2.78. The maximum atomic E-state index is 12.1. The quantitative estimate of drug-likeness (QED) is 0.790. The van der Waals surface area contributed by atoms with Crippen LogP contribution in [0.1, 0.15) is 16.2 Å². The highest BCUT2D eigenvalue weighted by molar-refractivity contribution is 7.15. The maximum Gasteiger partial charge on any atom is 0.272 e. The van der Waals surface area contributed by atoms with Crippen LogP contribution in [-0.2, 0) is 11.2 Å². The topological polar surface area (TPSA) is 79.6 Å². The minimum atomic E-state index is -0.224. The number of imidazole rings is 1. The normalized spacial score (nSPS) is 10.7. The lowest BCUT2D eigenvalue weighted by Gasteiger charge is -2.10. The van der Waals surface area contributed by atoms with E-state index in [1.807, 2.05) is 22.2 Å². The van der Waals surface area contributed by atoms with Crippen molar-refractivity contribution in [3.8, 4) is 0 Å². The van der Waals surface area contributed by atoms with Crippen LogP contribution >= 0.6 is 11.3 Å². The molecule has 0 atom stereocenters. The van der Waals surface area contributed by atoms with E-state index in [1.54, 1.807) is 32.3 Å². The van der Waals surface area contributed by atoms with Gasteiger partial charge in [-0.1, -0.05) is 6.07 Å². The highest BCUT2D eigenvalue weighted by atomic mass is 32.1. The molecule has 0 spiro atoms. The fourth-order valence-electron chi connectivity index (χ4n) is 2.07. The van der Waals surface area contributed by atoms with Crippen LogP contribution in [0.5, 0.6) is 0 Å². The lowest BCUT2D eigenvalue weighted by Crippen LogP contribution is -2.23. The first-order chi connectivity index (χ1) is 11.0. The van der Waals surface area contributed by atoms with Crippen molar-refractivity contribution in [3.63, 3.8) is 0 Å². The summed E-state index contributed by atoms with van der Waals surface area (Å²) in [7, 11) is 3.30. The number of hydrogen-bond acceptors (Lipinski definition) is 5. The van der Waals surface area contributed by atoms with Crippen molar-refractivity contribution in [2.45, 2.75) is 6.42 Å². The van der Waals surface area contributed by atoms with E-state index >= 15 is 0 Å². The molecule has 2 amide bonds. The van der Waals surface area contributed by atoms with Crippen molar-refractivity contribution in [1.29, 1.82) is 0 Å². The Labute approximate surface area is 136 Å². The van der Waals surface area contributed by atoms with Crippen molar-refractivity contribution in [1.82, 2.24) is 19.3 Å². The molecule has 3 heterocycles. The third kappa shape index (κ3) is 3.37. The van der Waals surface area contributed by atoms with Crippen molar-refractivity contribution < 1.29 is 9.59 Å². The molecule has 0 fully saturated rings. The number of nitrogens with zero attached hydrogens (tertiary/aromatic N) is 4. The second kappa shape index (κ2) is 6.17. The van der Waals surface area contributed by atoms with Gasteiger partial charge in [-0.3, -0.25) is 14.0 Å². The number of thiazole rings is 1. The van der Waals surface area contributed by atoms with Crippen LogP contribution in [0.4, 0.5) is 5.82 Å². The van der Waals surface area contributed by atoms with E-state index in [-0.39, 0.29) is 23.9 Å². The number of nitrogens with one attached hydrogen (secondary N) is 1. The number of aromatic nitrogens is 3. The van der Waals surface area contributed by atoms with Gasteiger partial charge in [0.05, 0.1) is 12.1 Å². The van der Waals surface area contributed by atoms with E-state index in [0.717, 1.165) is 4.96 Å². The fraction of sp³-hybridized carbons (Fsp3) is 0.200. The molecule has 0 aliphatic heterocycles. The van der Waals surface area contributed by atoms with Crippen LogP contribution in [0.2, 0.25) is 0 Å². The van der Waals surface area contributed by atoms with Gasteiger partial charge in [0, 0.05) is 31.9 Å². The van der Waals surface area contributed by atoms with Crippen molar-refractivity contribution >= 4 is 33.9 Å². The summed E-state index contributed by atoms with van der Waals surface area (Å²) >= 11 is 1.51. The summed E-state index contributed by atoms with van der Waals surface area (Å²) in [6, 6.07) is 4.95. The molecule has 3 aromatic rings. The first-order valence-corrected chi connectivity index (χ1v) is 7.80. The maximum absolute atomic E-state index is 12.1. The van der Waals surface area contributed by atoms with Crippen LogP contribution in [0.3, 0.4) is 0 Å². The lowest BCUT2D eigenvalue weighted by atomic mass is 10.3. The van der Waals surface area contributed by atoms with Gasteiger partial charge in [-0.2, -0.15) is 0 Å². The lowest BCUT2D eigenvalue weighted by molar-refractivity contribution is -0.115. The third-order valence-electron chi connectivity index (χ3n) is 3.13. The van der Waals surface area contributed by atoms with Crippen molar-refractivity contribution in [2.75, 3.05) is 19.4 Å². The van der Waals surface area contributed by atoms with Gasteiger partial charge in [-0.15, -0.1) is 11.3 Å². The average Bonchev–Trinajstić information content (AvgIpc) is 3.07. The second-order valence-electron chi connectivity index (χ2n) is 5.16. The van der Waals surface area contributed by atoms with Gasteiger partial charge < -0.3 is 10.2 Å². The Kier molecular flexibility index (Phi) is 4.07. The van der Waals surface area contributed by atoms with Gasteiger partial charge in [0.1, 0.15) is 11.5 Å². The number of carbonyl (C=O) groups is 2. The molecule has 0 radical (unpaired) electrons. The summed E-state index contributed by atoms with van der Waals surface area (Å²) in [5, 5.41) is 4.63. The number of carbonyl (C=O) groups excluding carboxylic acids is 2. The van der Waals surface area contributed by atoms with Gasteiger partial charge in [0.2, 0.25) is 5.91 Å². The predicted octanol–water partition coefficient (Wildman–Crippen LogP) is 1.67. The Morgan fingerprint density at radius 3 is 2.87 bits per heavy atom. The molecule has 3 aromatic heterocycles. The molecule has 7 nitrogen and oxygen atoms in total. The number of amides is 2. The number of hydrogen-bond donors (Lipinski definition) is 1. The summed E-state index contributed by atoms with van der Waals surface area (Å²) in [5.74, 6) is -0.0862. The smallest absolute Gasteiger partial charge is 0.272 e. The van der Waals surface area contributed by atoms with E-state index < -0.39 is 0 Å². The molecule has 0 aromatic carbocycles. The molecule has 1 N–H and O–H groups in total. The third-order valence-corrected chi connectivity index (χ3v) is 3.90. The Morgan fingerprint density at radius 1 is 1.30 bits per heavy atom. The van der Waals surface area contributed by atoms with E-state index in [4.69, 9.17) is 0 Å². The molecule has 0 aliphatic carbocycles. The molecule has 118 valence electrons. The van der Waals surface area contributed by atoms with Crippen LogP contribution in [0, 0.1) is 0 Å². The Hall–Kier alpha value is -2.74. The summed E-state index contributed by atoms with van der Waals surface area (Å²) < 4.78 is 1.88. The second-order valence-corrected chi connectivity index (χ2v) is 6.03. The number of anilines is 1. The zero-order valence-electron chi connectivity index (χ0n) is 12.7. The van der Waals surface area contributed by atoms with E-state index in [1.165, 1.54) is 16.2 Å². The summed E-state index contributed by atoms with van der Waals surface area (Å²) in [4.78, 5) is 34.8. The van der Waals surface area contributed by atoms with Gasteiger partial charge in [0.15, 0.2) is 4.96 Å². The Morgan fingerprint density at radius 2 is 2.13 bits per heavy atom. The average molecular weight is 329 g/mol. The van der Waals surface area contributed by atoms with E-state index in [2.05, 4.69) is 15.3 Å². The van der Waals surface area contributed by atoms with Crippen LogP contribution in [0.15, 0.2) is 36.0 Å². The predicted molar refractivity (Wildman–Crippen MR) is 87.7 cm³/mol. The molecule has 3 rings (SSSR count). The van der Waals surface area contributed by atoms with Gasteiger partial charge in [0.25, 0.3) is 5.91 Å². The zero-order valence-corrected chi connectivity index (χ0v) is 13.5. The largest absolute Gasteiger partial charge is 0.343 e.